The number of hydrogen-bond donors (Lipinski definition) is 2. The van der Waals surface area contributed by atoms with Crippen molar-refractivity contribution in [3.8, 4) is 11.3 Å². The standard InChI is InChI=1S/C17H13ClN4O3/c1-10-2-4-11(5-3-10)14-9-16(21-20-14)17(23)19-15-8-12(22(24)25)6-7-13(15)18/h2-9H,1H3,(H,19,23)(H,20,21). The topological polar surface area (TPSA) is 101 Å². The van der Waals surface area contributed by atoms with Gasteiger partial charge in [0.1, 0.15) is 5.69 Å². The summed E-state index contributed by atoms with van der Waals surface area (Å²) in [5.41, 5.74) is 2.83. The quantitative estimate of drug-likeness (QED) is 0.540. The summed E-state index contributed by atoms with van der Waals surface area (Å²) in [6, 6.07) is 13.2. The molecule has 0 spiro atoms. The van der Waals surface area contributed by atoms with Crippen LogP contribution in [0.15, 0.2) is 48.5 Å². The third-order valence-corrected chi connectivity index (χ3v) is 3.91. The second-order valence-corrected chi connectivity index (χ2v) is 5.82. The molecule has 25 heavy (non-hydrogen) atoms. The molecule has 0 aliphatic carbocycles. The minimum atomic E-state index is -0.558. The monoisotopic (exact) mass is 356 g/mol. The van der Waals surface area contributed by atoms with Crippen molar-refractivity contribution >= 4 is 28.9 Å². The first kappa shape index (κ1) is 16.7. The highest BCUT2D eigenvalue weighted by atomic mass is 35.5. The molecule has 2 N–H and O–H groups in total. The zero-order valence-electron chi connectivity index (χ0n) is 13.1. The van der Waals surface area contributed by atoms with Gasteiger partial charge in [-0.05, 0) is 19.1 Å². The molecule has 7 nitrogen and oxygen atoms in total. The number of nitrogens with one attached hydrogen (secondary N) is 2. The first-order valence-corrected chi connectivity index (χ1v) is 7.69. The number of benzene rings is 2. The molecular weight excluding hydrogens is 344 g/mol. The molecule has 0 saturated carbocycles. The Hall–Kier alpha value is -3.19. The third-order valence-electron chi connectivity index (χ3n) is 3.58. The van der Waals surface area contributed by atoms with Crippen LogP contribution in [-0.4, -0.2) is 21.0 Å². The first-order valence-electron chi connectivity index (χ1n) is 7.32. The van der Waals surface area contributed by atoms with Gasteiger partial charge >= 0.3 is 0 Å². The number of carbonyl (C=O) groups excluding carboxylic acids is 1. The minimum absolute atomic E-state index is 0.160. The van der Waals surface area contributed by atoms with Gasteiger partial charge in [-0.3, -0.25) is 20.0 Å². The van der Waals surface area contributed by atoms with Crippen LogP contribution in [0.4, 0.5) is 11.4 Å². The first-order chi connectivity index (χ1) is 11.9. The number of aromatic amines is 1. The molecule has 0 aliphatic rings. The SMILES string of the molecule is Cc1ccc(-c2cc(C(=O)Nc3cc([N+](=O)[O-])ccc3Cl)[nH]n2)cc1. The maximum atomic E-state index is 12.3. The average molecular weight is 357 g/mol. The minimum Gasteiger partial charge on any atom is -0.319 e. The lowest BCUT2D eigenvalue weighted by atomic mass is 10.1. The lowest BCUT2D eigenvalue weighted by molar-refractivity contribution is -0.384. The van der Waals surface area contributed by atoms with E-state index in [1.807, 2.05) is 31.2 Å². The van der Waals surface area contributed by atoms with Crippen molar-refractivity contribution in [2.75, 3.05) is 5.32 Å². The summed E-state index contributed by atoms with van der Waals surface area (Å²) < 4.78 is 0. The van der Waals surface area contributed by atoms with E-state index < -0.39 is 10.8 Å². The van der Waals surface area contributed by atoms with E-state index in [-0.39, 0.29) is 22.1 Å². The smallest absolute Gasteiger partial charge is 0.273 e. The largest absolute Gasteiger partial charge is 0.319 e. The Kier molecular flexibility index (Phi) is 4.49. The van der Waals surface area contributed by atoms with Crippen molar-refractivity contribution in [2.45, 2.75) is 6.92 Å². The summed E-state index contributed by atoms with van der Waals surface area (Å²) in [4.78, 5) is 22.6. The van der Waals surface area contributed by atoms with E-state index in [1.165, 1.54) is 18.2 Å². The van der Waals surface area contributed by atoms with Crippen molar-refractivity contribution in [1.82, 2.24) is 10.2 Å². The molecule has 0 saturated heterocycles. The van der Waals surface area contributed by atoms with Crippen molar-refractivity contribution in [1.29, 1.82) is 0 Å². The van der Waals surface area contributed by atoms with Gasteiger partial charge in [0.2, 0.25) is 0 Å². The summed E-state index contributed by atoms with van der Waals surface area (Å²) >= 11 is 5.99. The number of carbonyl (C=O) groups is 1. The molecular formula is C17H13ClN4O3. The number of aromatic nitrogens is 2. The lowest BCUT2D eigenvalue weighted by Gasteiger charge is -2.05. The molecule has 1 aromatic heterocycles. The molecule has 8 heteroatoms. The van der Waals surface area contributed by atoms with Crippen LogP contribution >= 0.6 is 11.6 Å². The van der Waals surface area contributed by atoms with Gasteiger partial charge in [-0.1, -0.05) is 41.4 Å². The normalized spacial score (nSPS) is 10.5. The maximum absolute atomic E-state index is 12.3. The van der Waals surface area contributed by atoms with E-state index in [9.17, 15) is 14.9 Å². The molecule has 1 heterocycles. The highest BCUT2D eigenvalue weighted by Gasteiger charge is 2.15. The highest BCUT2D eigenvalue weighted by Crippen LogP contribution is 2.27. The van der Waals surface area contributed by atoms with Gasteiger partial charge in [-0.25, -0.2) is 0 Å². The van der Waals surface area contributed by atoms with Crippen LogP contribution in [0.25, 0.3) is 11.3 Å². The Balaban J connectivity index is 1.82. The number of hydrogen-bond acceptors (Lipinski definition) is 4. The van der Waals surface area contributed by atoms with Crippen LogP contribution in [0.5, 0.6) is 0 Å². The van der Waals surface area contributed by atoms with Gasteiger partial charge in [0.15, 0.2) is 0 Å². The summed E-state index contributed by atoms with van der Waals surface area (Å²) in [7, 11) is 0. The van der Waals surface area contributed by atoms with Crippen LogP contribution in [0.3, 0.4) is 0 Å². The number of non-ortho nitro benzene ring substituents is 1. The number of nitro groups is 1. The molecule has 0 atom stereocenters. The second kappa shape index (κ2) is 6.74. The van der Waals surface area contributed by atoms with Gasteiger partial charge < -0.3 is 5.32 Å². The molecule has 3 aromatic rings. The summed E-state index contributed by atoms with van der Waals surface area (Å²) in [5.74, 6) is -0.492. The second-order valence-electron chi connectivity index (χ2n) is 5.41. The van der Waals surface area contributed by atoms with Gasteiger partial charge in [-0.15, -0.1) is 0 Å². The van der Waals surface area contributed by atoms with Crippen molar-refractivity contribution in [3.05, 3.63) is 74.9 Å². The number of nitro benzene ring substituents is 1. The van der Waals surface area contributed by atoms with E-state index in [0.29, 0.717) is 5.69 Å². The molecule has 126 valence electrons. The fourth-order valence-electron chi connectivity index (χ4n) is 2.22. The fraction of sp³-hybridized carbons (Fsp3) is 0.0588. The predicted molar refractivity (Wildman–Crippen MR) is 94.8 cm³/mol. The number of anilines is 1. The molecule has 2 aromatic carbocycles. The Labute approximate surface area is 147 Å². The van der Waals surface area contributed by atoms with Gasteiger partial charge in [0, 0.05) is 17.7 Å². The molecule has 0 fully saturated rings. The number of amides is 1. The fourth-order valence-corrected chi connectivity index (χ4v) is 2.39. The zero-order valence-corrected chi connectivity index (χ0v) is 13.9. The molecule has 0 radical (unpaired) electrons. The Morgan fingerprint density at radius 1 is 1.20 bits per heavy atom. The van der Waals surface area contributed by atoms with E-state index in [1.54, 1.807) is 6.07 Å². The van der Waals surface area contributed by atoms with Crippen LogP contribution in [0.2, 0.25) is 5.02 Å². The summed E-state index contributed by atoms with van der Waals surface area (Å²) in [5, 5.41) is 20.4. The number of nitrogens with zero attached hydrogens (tertiary/aromatic N) is 2. The predicted octanol–water partition coefficient (Wildman–Crippen LogP) is 4.20. The van der Waals surface area contributed by atoms with E-state index >= 15 is 0 Å². The van der Waals surface area contributed by atoms with Crippen LogP contribution < -0.4 is 5.32 Å². The number of rotatable bonds is 4. The van der Waals surface area contributed by atoms with Gasteiger partial charge in [0.05, 0.1) is 21.3 Å². The van der Waals surface area contributed by atoms with Crippen LogP contribution in [0.1, 0.15) is 16.1 Å². The number of halogens is 1. The van der Waals surface area contributed by atoms with E-state index in [2.05, 4.69) is 15.5 Å². The van der Waals surface area contributed by atoms with Crippen molar-refractivity contribution < 1.29 is 9.72 Å². The van der Waals surface area contributed by atoms with Crippen LogP contribution in [0, 0.1) is 17.0 Å². The average Bonchev–Trinajstić information content (AvgIpc) is 3.07. The zero-order chi connectivity index (χ0) is 18.0. The maximum Gasteiger partial charge on any atom is 0.273 e. The highest BCUT2D eigenvalue weighted by molar-refractivity contribution is 6.34. The van der Waals surface area contributed by atoms with Crippen molar-refractivity contribution in [2.24, 2.45) is 0 Å². The summed E-state index contributed by atoms with van der Waals surface area (Å²) in [6.07, 6.45) is 0. The molecule has 0 unspecified atom stereocenters. The Morgan fingerprint density at radius 3 is 2.60 bits per heavy atom. The van der Waals surface area contributed by atoms with Crippen molar-refractivity contribution in [3.63, 3.8) is 0 Å². The number of H-pyrrole nitrogens is 1. The Morgan fingerprint density at radius 2 is 1.92 bits per heavy atom. The molecule has 0 bridgehead atoms. The lowest BCUT2D eigenvalue weighted by Crippen LogP contribution is -2.12. The molecule has 3 rings (SSSR count). The molecule has 0 aliphatic heterocycles. The van der Waals surface area contributed by atoms with Gasteiger partial charge in [-0.2, -0.15) is 5.10 Å². The Bertz CT molecular complexity index is 951. The number of aryl methyl sites for hydroxylation is 1. The molecule has 1 amide bonds. The summed E-state index contributed by atoms with van der Waals surface area (Å²) in [6.45, 7) is 1.98. The van der Waals surface area contributed by atoms with E-state index in [4.69, 9.17) is 11.6 Å². The van der Waals surface area contributed by atoms with E-state index in [0.717, 1.165) is 11.1 Å². The van der Waals surface area contributed by atoms with Crippen LogP contribution in [-0.2, 0) is 0 Å². The third kappa shape index (κ3) is 3.67. The van der Waals surface area contributed by atoms with Gasteiger partial charge in [0.25, 0.3) is 11.6 Å².